The van der Waals surface area contributed by atoms with Gasteiger partial charge in [-0.1, -0.05) is 31.5 Å². The summed E-state index contributed by atoms with van der Waals surface area (Å²) in [6.45, 7) is 3.55. The molecule has 2 aromatic carbocycles. The van der Waals surface area contributed by atoms with Crippen LogP contribution >= 0.6 is 0 Å². The van der Waals surface area contributed by atoms with E-state index in [0.29, 0.717) is 29.1 Å². The maximum atomic E-state index is 13.6. The van der Waals surface area contributed by atoms with Crippen LogP contribution in [-0.4, -0.2) is 35.1 Å². The standard InChI is InChI=1S/C28H27F3N4O4S/c1-4-6-20-16-32-25(34-20)23-14-24(26(36)33-15-18-9-11-22(12-10-18)40(3,38)39)27(37)35(17(23)2)21-8-5-7-19(13-21)28(29,30)31/h5,7-14,16H,4,6,15H2,1-3H3,(H,32,34)(H,33,36). The Morgan fingerprint density at radius 3 is 2.42 bits per heavy atom. The third-order valence-electron chi connectivity index (χ3n) is 6.33. The highest BCUT2D eigenvalue weighted by atomic mass is 32.2. The number of amides is 1. The monoisotopic (exact) mass is 572 g/mol. The second kappa shape index (κ2) is 11.1. The van der Waals surface area contributed by atoms with Crippen molar-refractivity contribution in [3.8, 4) is 17.1 Å². The normalized spacial score (nSPS) is 11.9. The maximum Gasteiger partial charge on any atom is 0.416 e. The number of aryl methyl sites for hydroxylation is 1. The summed E-state index contributed by atoms with van der Waals surface area (Å²) >= 11 is 0. The van der Waals surface area contributed by atoms with Crippen LogP contribution in [0.2, 0.25) is 0 Å². The number of alkyl halides is 3. The summed E-state index contributed by atoms with van der Waals surface area (Å²) in [6.07, 6.45) is -0.349. The van der Waals surface area contributed by atoms with E-state index in [-0.39, 0.29) is 22.7 Å². The van der Waals surface area contributed by atoms with Crippen molar-refractivity contribution in [2.75, 3.05) is 6.26 Å². The molecule has 4 aromatic rings. The first kappa shape index (κ1) is 28.8. The lowest BCUT2D eigenvalue weighted by Gasteiger charge is -2.17. The maximum absolute atomic E-state index is 13.6. The van der Waals surface area contributed by atoms with Gasteiger partial charge in [0.05, 0.1) is 10.5 Å². The van der Waals surface area contributed by atoms with E-state index < -0.39 is 33.0 Å². The van der Waals surface area contributed by atoms with Crippen LogP contribution in [0.5, 0.6) is 0 Å². The molecule has 0 unspecified atom stereocenters. The van der Waals surface area contributed by atoms with Crippen molar-refractivity contribution in [3.05, 3.63) is 99.2 Å². The number of nitrogens with one attached hydrogen (secondary N) is 2. The van der Waals surface area contributed by atoms with Gasteiger partial charge in [-0.3, -0.25) is 14.2 Å². The lowest BCUT2D eigenvalue weighted by atomic mass is 10.1. The highest BCUT2D eigenvalue weighted by Crippen LogP contribution is 2.31. The van der Waals surface area contributed by atoms with Gasteiger partial charge >= 0.3 is 6.18 Å². The smallest absolute Gasteiger partial charge is 0.348 e. The third-order valence-corrected chi connectivity index (χ3v) is 7.46. The first-order valence-electron chi connectivity index (χ1n) is 12.4. The van der Waals surface area contributed by atoms with Crippen LogP contribution in [0.15, 0.2) is 70.5 Å². The van der Waals surface area contributed by atoms with E-state index in [4.69, 9.17) is 0 Å². The van der Waals surface area contributed by atoms with Gasteiger partial charge in [-0.25, -0.2) is 13.4 Å². The summed E-state index contributed by atoms with van der Waals surface area (Å²) in [6, 6.07) is 11.6. The molecule has 12 heteroatoms. The Bertz CT molecular complexity index is 1720. The molecule has 0 aliphatic rings. The molecule has 0 saturated carbocycles. The van der Waals surface area contributed by atoms with E-state index in [9.17, 15) is 31.2 Å². The van der Waals surface area contributed by atoms with E-state index in [1.54, 1.807) is 13.1 Å². The van der Waals surface area contributed by atoms with Crippen molar-refractivity contribution in [1.29, 1.82) is 0 Å². The Balaban J connectivity index is 1.78. The molecule has 2 aromatic heterocycles. The van der Waals surface area contributed by atoms with Gasteiger partial charge in [0.15, 0.2) is 9.84 Å². The van der Waals surface area contributed by atoms with Crippen LogP contribution in [0.3, 0.4) is 0 Å². The average Bonchev–Trinajstić information content (AvgIpc) is 3.35. The SMILES string of the molecule is CCCc1cnc(-c2cc(C(=O)NCc3ccc(S(C)(=O)=O)cc3)c(=O)n(-c3cccc(C(F)(F)F)c3)c2C)[nH]1. The summed E-state index contributed by atoms with van der Waals surface area (Å²) in [7, 11) is -3.39. The van der Waals surface area contributed by atoms with Gasteiger partial charge < -0.3 is 10.3 Å². The molecular weight excluding hydrogens is 545 g/mol. The number of aromatic nitrogens is 3. The molecule has 210 valence electrons. The van der Waals surface area contributed by atoms with Crippen LogP contribution in [0.25, 0.3) is 17.1 Å². The quantitative estimate of drug-likeness (QED) is 0.314. The molecule has 0 radical (unpaired) electrons. The molecule has 0 saturated heterocycles. The minimum absolute atomic E-state index is 0.0174. The number of pyridine rings is 1. The topological polar surface area (TPSA) is 114 Å². The molecule has 0 spiro atoms. The molecule has 2 N–H and O–H groups in total. The van der Waals surface area contributed by atoms with Crippen molar-refractivity contribution in [3.63, 3.8) is 0 Å². The minimum Gasteiger partial charge on any atom is -0.348 e. The number of H-pyrrole nitrogens is 1. The van der Waals surface area contributed by atoms with Gasteiger partial charge in [-0.05, 0) is 55.3 Å². The van der Waals surface area contributed by atoms with Crippen LogP contribution in [0.1, 0.15) is 46.2 Å². The summed E-state index contributed by atoms with van der Waals surface area (Å²) in [5.41, 5.74) is 0.0129. The summed E-state index contributed by atoms with van der Waals surface area (Å²) in [5.74, 6) is -0.383. The second-order valence-electron chi connectivity index (χ2n) is 9.35. The van der Waals surface area contributed by atoms with Crippen molar-refractivity contribution in [2.24, 2.45) is 0 Å². The second-order valence-corrected chi connectivity index (χ2v) is 11.4. The fourth-order valence-corrected chi connectivity index (χ4v) is 4.89. The number of hydrogen-bond acceptors (Lipinski definition) is 5. The molecule has 0 aliphatic carbocycles. The zero-order valence-corrected chi connectivity index (χ0v) is 22.8. The number of rotatable bonds is 8. The predicted molar refractivity (Wildman–Crippen MR) is 144 cm³/mol. The molecule has 0 aliphatic heterocycles. The highest BCUT2D eigenvalue weighted by molar-refractivity contribution is 7.90. The van der Waals surface area contributed by atoms with Gasteiger partial charge in [-0.2, -0.15) is 13.2 Å². The Labute approximate surface area is 228 Å². The number of carbonyl (C=O) groups excluding carboxylic acids is 1. The van der Waals surface area contributed by atoms with Crippen LogP contribution in [-0.2, 0) is 29.0 Å². The molecule has 1 amide bonds. The predicted octanol–water partition coefficient (Wildman–Crippen LogP) is 4.84. The molecular formula is C28H27F3N4O4S. The summed E-state index contributed by atoms with van der Waals surface area (Å²) in [4.78, 5) is 34.5. The molecule has 2 heterocycles. The fraction of sp³-hybridized carbons (Fsp3) is 0.250. The molecule has 0 atom stereocenters. The third kappa shape index (κ3) is 6.17. The Morgan fingerprint density at radius 2 is 1.80 bits per heavy atom. The van der Waals surface area contributed by atoms with E-state index >= 15 is 0 Å². The Hall–Kier alpha value is -4.19. The number of hydrogen-bond donors (Lipinski definition) is 2. The number of benzene rings is 2. The van der Waals surface area contributed by atoms with Crippen molar-refractivity contribution >= 4 is 15.7 Å². The highest BCUT2D eigenvalue weighted by Gasteiger charge is 2.31. The number of sulfone groups is 1. The Morgan fingerprint density at radius 1 is 1.10 bits per heavy atom. The first-order chi connectivity index (χ1) is 18.8. The number of imidazole rings is 1. The van der Waals surface area contributed by atoms with Gasteiger partial charge in [-0.15, -0.1) is 0 Å². The molecule has 40 heavy (non-hydrogen) atoms. The zero-order valence-electron chi connectivity index (χ0n) is 22.0. The van der Waals surface area contributed by atoms with Gasteiger partial charge in [0.2, 0.25) is 0 Å². The van der Waals surface area contributed by atoms with E-state index in [2.05, 4.69) is 15.3 Å². The van der Waals surface area contributed by atoms with Gasteiger partial charge in [0.1, 0.15) is 11.4 Å². The van der Waals surface area contributed by atoms with E-state index in [0.717, 1.165) is 35.1 Å². The molecule has 8 nitrogen and oxygen atoms in total. The lowest BCUT2D eigenvalue weighted by molar-refractivity contribution is -0.137. The van der Waals surface area contributed by atoms with E-state index in [1.165, 1.54) is 42.5 Å². The van der Waals surface area contributed by atoms with Crippen LogP contribution < -0.4 is 10.9 Å². The van der Waals surface area contributed by atoms with Crippen LogP contribution in [0, 0.1) is 6.92 Å². The molecule has 0 bridgehead atoms. The van der Waals surface area contributed by atoms with Crippen molar-refractivity contribution < 1.29 is 26.4 Å². The Kier molecular flexibility index (Phi) is 8.01. The van der Waals surface area contributed by atoms with Crippen molar-refractivity contribution in [1.82, 2.24) is 19.9 Å². The largest absolute Gasteiger partial charge is 0.416 e. The van der Waals surface area contributed by atoms with Gasteiger partial charge in [0, 0.05) is 41.6 Å². The summed E-state index contributed by atoms with van der Waals surface area (Å²) < 4.78 is 64.9. The first-order valence-corrected chi connectivity index (χ1v) is 14.2. The van der Waals surface area contributed by atoms with Crippen molar-refractivity contribution in [2.45, 2.75) is 44.3 Å². The van der Waals surface area contributed by atoms with Crippen LogP contribution in [0.4, 0.5) is 13.2 Å². The minimum atomic E-state index is -4.63. The number of carbonyl (C=O) groups is 1. The number of aromatic amines is 1. The number of nitrogens with zero attached hydrogens (tertiary/aromatic N) is 2. The van der Waals surface area contributed by atoms with E-state index in [1.807, 2.05) is 6.92 Å². The average molecular weight is 573 g/mol. The zero-order chi connectivity index (χ0) is 29.2. The van der Waals surface area contributed by atoms with Gasteiger partial charge in [0.25, 0.3) is 11.5 Å². The number of halogens is 3. The fourth-order valence-electron chi connectivity index (χ4n) is 4.26. The molecule has 4 rings (SSSR count). The molecule has 0 fully saturated rings. The summed E-state index contributed by atoms with van der Waals surface area (Å²) in [5, 5.41) is 2.64. The lowest BCUT2D eigenvalue weighted by Crippen LogP contribution is -2.33.